The standard InChI is InChI=1S/C12H16N2O2.ClH/c13-12(9-3-1-2-4-9)10-5-7-11(8-6-10)14(15)16;/h5-9,12H,1-4,13H2;1H/t12-;/m1./s1. The lowest BCUT2D eigenvalue weighted by atomic mass is 9.92. The zero-order valence-corrected chi connectivity index (χ0v) is 10.4. The van der Waals surface area contributed by atoms with Crippen molar-refractivity contribution in [1.82, 2.24) is 0 Å². The molecule has 2 rings (SSSR count). The smallest absolute Gasteiger partial charge is 0.269 e. The average molecular weight is 257 g/mol. The number of hydrogen-bond donors (Lipinski definition) is 1. The van der Waals surface area contributed by atoms with Gasteiger partial charge in [0.25, 0.3) is 5.69 Å². The lowest BCUT2D eigenvalue weighted by Gasteiger charge is -2.18. The number of benzene rings is 1. The normalized spacial score (nSPS) is 17.5. The van der Waals surface area contributed by atoms with Gasteiger partial charge in [-0.25, -0.2) is 0 Å². The summed E-state index contributed by atoms with van der Waals surface area (Å²) >= 11 is 0. The van der Waals surface area contributed by atoms with Crippen molar-refractivity contribution in [2.24, 2.45) is 11.7 Å². The number of nitro benzene ring substituents is 1. The number of hydrogen-bond acceptors (Lipinski definition) is 3. The van der Waals surface area contributed by atoms with E-state index in [-0.39, 0.29) is 29.1 Å². The Labute approximate surface area is 107 Å². The van der Waals surface area contributed by atoms with Crippen molar-refractivity contribution in [3.63, 3.8) is 0 Å². The molecule has 0 heterocycles. The molecule has 0 saturated heterocycles. The molecule has 1 aromatic rings. The van der Waals surface area contributed by atoms with E-state index in [9.17, 15) is 10.1 Å². The molecular formula is C12H17ClN2O2. The second kappa shape index (κ2) is 5.98. The van der Waals surface area contributed by atoms with Crippen LogP contribution in [-0.4, -0.2) is 4.92 Å². The maximum Gasteiger partial charge on any atom is 0.269 e. The Hall–Kier alpha value is -1.13. The quantitative estimate of drug-likeness (QED) is 0.667. The Balaban J connectivity index is 0.00000144. The molecule has 17 heavy (non-hydrogen) atoms. The van der Waals surface area contributed by atoms with Crippen LogP contribution in [-0.2, 0) is 0 Å². The minimum absolute atomic E-state index is 0. The van der Waals surface area contributed by atoms with Gasteiger partial charge in [0.1, 0.15) is 0 Å². The van der Waals surface area contributed by atoms with Crippen LogP contribution in [0.5, 0.6) is 0 Å². The molecule has 0 amide bonds. The van der Waals surface area contributed by atoms with Gasteiger partial charge in [-0.15, -0.1) is 12.4 Å². The summed E-state index contributed by atoms with van der Waals surface area (Å²) in [5, 5.41) is 10.5. The predicted molar refractivity (Wildman–Crippen MR) is 69.2 cm³/mol. The van der Waals surface area contributed by atoms with E-state index in [1.807, 2.05) is 0 Å². The number of nitrogens with zero attached hydrogens (tertiary/aromatic N) is 1. The first-order valence-corrected chi connectivity index (χ1v) is 5.68. The largest absolute Gasteiger partial charge is 0.324 e. The van der Waals surface area contributed by atoms with Crippen molar-refractivity contribution in [3.8, 4) is 0 Å². The lowest BCUT2D eigenvalue weighted by Crippen LogP contribution is -2.18. The summed E-state index contributed by atoms with van der Waals surface area (Å²) in [6.07, 6.45) is 4.87. The number of rotatable bonds is 3. The van der Waals surface area contributed by atoms with Crippen molar-refractivity contribution in [2.45, 2.75) is 31.7 Å². The van der Waals surface area contributed by atoms with Crippen LogP contribution >= 0.6 is 12.4 Å². The maximum absolute atomic E-state index is 10.5. The van der Waals surface area contributed by atoms with Crippen LogP contribution in [0, 0.1) is 16.0 Å². The highest BCUT2D eigenvalue weighted by atomic mass is 35.5. The molecule has 0 unspecified atom stereocenters. The van der Waals surface area contributed by atoms with E-state index >= 15 is 0 Å². The van der Waals surface area contributed by atoms with Gasteiger partial charge in [-0.1, -0.05) is 25.0 Å². The average Bonchev–Trinajstić information content (AvgIpc) is 2.81. The van der Waals surface area contributed by atoms with Crippen LogP contribution in [0.15, 0.2) is 24.3 Å². The monoisotopic (exact) mass is 256 g/mol. The highest BCUT2D eigenvalue weighted by molar-refractivity contribution is 5.85. The summed E-state index contributed by atoms with van der Waals surface area (Å²) in [6.45, 7) is 0. The fourth-order valence-electron chi connectivity index (χ4n) is 2.41. The van der Waals surface area contributed by atoms with Gasteiger partial charge in [-0.2, -0.15) is 0 Å². The van der Waals surface area contributed by atoms with Crippen molar-refractivity contribution < 1.29 is 4.92 Å². The summed E-state index contributed by atoms with van der Waals surface area (Å²) < 4.78 is 0. The Bertz CT molecular complexity index is 375. The molecule has 0 bridgehead atoms. The second-order valence-electron chi connectivity index (χ2n) is 4.42. The lowest BCUT2D eigenvalue weighted by molar-refractivity contribution is -0.384. The van der Waals surface area contributed by atoms with E-state index < -0.39 is 0 Å². The van der Waals surface area contributed by atoms with Crippen molar-refractivity contribution >= 4 is 18.1 Å². The molecule has 0 aliphatic heterocycles. The van der Waals surface area contributed by atoms with Gasteiger partial charge in [0.2, 0.25) is 0 Å². The maximum atomic E-state index is 10.5. The highest BCUT2D eigenvalue weighted by Crippen LogP contribution is 2.34. The third-order valence-corrected chi connectivity index (χ3v) is 3.40. The fourth-order valence-corrected chi connectivity index (χ4v) is 2.41. The zero-order chi connectivity index (χ0) is 11.5. The topological polar surface area (TPSA) is 69.2 Å². The summed E-state index contributed by atoms with van der Waals surface area (Å²) in [5.74, 6) is 0.543. The van der Waals surface area contributed by atoms with Crippen molar-refractivity contribution in [1.29, 1.82) is 0 Å². The van der Waals surface area contributed by atoms with Crippen LogP contribution in [0.4, 0.5) is 5.69 Å². The highest BCUT2D eigenvalue weighted by Gasteiger charge is 2.23. The van der Waals surface area contributed by atoms with E-state index in [2.05, 4.69) is 0 Å². The first kappa shape index (κ1) is 13.9. The van der Waals surface area contributed by atoms with Crippen LogP contribution < -0.4 is 5.73 Å². The molecule has 1 saturated carbocycles. The van der Waals surface area contributed by atoms with E-state index in [1.165, 1.54) is 37.8 Å². The molecule has 1 fully saturated rings. The molecule has 0 radical (unpaired) electrons. The number of nitro groups is 1. The van der Waals surface area contributed by atoms with Crippen LogP contribution in [0.1, 0.15) is 37.3 Å². The number of halogens is 1. The van der Waals surface area contributed by atoms with Crippen molar-refractivity contribution in [2.75, 3.05) is 0 Å². The minimum atomic E-state index is -0.384. The molecule has 1 aliphatic carbocycles. The third-order valence-electron chi connectivity index (χ3n) is 3.40. The first-order valence-electron chi connectivity index (χ1n) is 5.68. The van der Waals surface area contributed by atoms with Gasteiger partial charge < -0.3 is 5.73 Å². The summed E-state index contributed by atoms with van der Waals surface area (Å²) in [4.78, 5) is 10.1. The van der Waals surface area contributed by atoms with E-state index in [4.69, 9.17) is 5.73 Å². The second-order valence-corrected chi connectivity index (χ2v) is 4.42. The Morgan fingerprint density at radius 1 is 1.24 bits per heavy atom. The number of non-ortho nitro benzene ring substituents is 1. The number of nitrogens with two attached hydrogens (primary N) is 1. The van der Waals surface area contributed by atoms with Gasteiger partial charge in [-0.3, -0.25) is 10.1 Å². The van der Waals surface area contributed by atoms with E-state index in [0.29, 0.717) is 5.92 Å². The van der Waals surface area contributed by atoms with Gasteiger partial charge in [0, 0.05) is 18.2 Å². The van der Waals surface area contributed by atoms with Crippen LogP contribution in [0.2, 0.25) is 0 Å². The van der Waals surface area contributed by atoms with Gasteiger partial charge in [0.05, 0.1) is 4.92 Å². The molecule has 1 aromatic carbocycles. The molecule has 94 valence electrons. The summed E-state index contributed by atoms with van der Waals surface area (Å²) in [5.41, 5.74) is 7.30. The molecule has 0 aromatic heterocycles. The third kappa shape index (κ3) is 3.17. The minimum Gasteiger partial charge on any atom is -0.324 e. The summed E-state index contributed by atoms with van der Waals surface area (Å²) in [7, 11) is 0. The van der Waals surface area contributed by atoms with Gasteiger partial charge >= 0.3 is 0 Å². The Kier molecular flexibility index (Phi) is 4.90. The van der Waals surface area contributed by atoms with E-state index in [0.717, 1.165) is 5.56 Å². The fraction of sp³-hybridized carbons (Fsp3) is 0.500. The molecule has 4 nitrogen and oxygen atoms in total. The molecular weight excluding hydrogens is 240 g/mol. The molecule has 1 aliphatic rings. The Morgan fingerprint density at radius 3 is 2.24 bits per heavy atom. The van der Waals surface area contributed by atoms with E-state index in [1.54, 1.807) is 12.1 Å². The zero-order valence-electron chi connectivity index (χ0n) is 9.54. The molecule has 1 atom stereocenters. The molecule has 0 spiro atoms. The Morgan fingerprint density at radius 2 is 1.76 bits per heavy atom. The predicted octanol–water partition coefficient (Wildman–Crippen LogP) is 3.21. The first-order chi connectivity index (χ1) is 7.68. The molecule has 5 heteroatoms. The van der Waals surface area contributed by atoms with Crippen LogP contribution in [0.3, 0.4) is 0 Å². The SMILES string of the molecule is Cl.N[C@@H](c1ccc([N+](=O)[O-])cc1)C1CCCC1. The summed E-state index contributed by atoms with van der Waals surface area (Å²) in [6, 6.07) is 6.65. The van der Waals surface area contributed by atoms with Crippen LogP contribution in [0.25, 0.3) is 0 Å². The van der Waals surface area contributed by atoms with Gasteiger partial charge in [-0.05, 0) is 24.3 Å². The van der Waals surface area contributed by atoms with Gasteiger partial charge in [0.15, 0.2) is 0 Å². The molecule has 2 N–H and O–H groups in total. The van der Waals surface area contributed by atoms with Crippen molar-refractivity contribution in [3.05, 3.63) is 39.9 Å².